The van der Waals surface area contributed by atoms with Gasteiger partial charge in [-0.3, -0.25) is 10.1 Å². The zero-order chi connectivity index (χ0) is 15.4. The summed E-state index contributed by atoms with van der Waals surface area (Å²) in [6, 6.07) is 6.54. The van der Waals surface area contributed by atoms with Crippen molar-refractivity contribution in [2.24, 2.45) is 0 Å². The molecular formula is C17H25FN2O. The summed E-state index contributed by atoms with van der Waals surface area (Å²) in [4.78, 5) is 14.6. The molecule has 3 nitrogen and oxygen atoms in total. The average Bonchev–Trinajstić information content (AvgIpc) is 2.77. The van der Waals surface area contributed by atoms with Crippen molar-refractivity contribution >= 4 is 5.91 Å². The third-order valence-electron chi connectivity index (χ3n) is 4.11. The maximum atomic E-state index is 13.5. The first-order valence-electron chi connectivity index (χ1n) is 7.92. The second-order valence-corrected chi connectivity index (χ2v) is 5.85. The van der Waals surface area contributed by atoms with Crippen molar-refractivity contribution < 1.29 is 9.18 Å². The Balaban J connectivity index is 2.29. The number of carbonyl (C=O) groups excluding carboxylic acids is 1. The van der Waals surface area contributed by atoms with Gasteiger partial charge in [0.25, 0.3) is 0 Å². The van der Waals surface area contributed by atoms with Crippen molar-refractivity contribution in [3.05, 3.63) is 35.6 Å². The molecular weight excluding hydrogens is 267 g/mol. The third kappa shape index (κ3) is 3.43. The lowest BCUT2D eigenvalue weighted by atomic mass is 10.1. The molecule has 1 fully saturated rings. The predicted molar refractivity (Wildman–Crippen MR) is 82.2 cm³/mol. The summed E-state index contributed by atoms with van der Waals surface area (Å²) in [6.45, 7) is 6.26. The van der Waals surface area contributed by atoms with Crippen LogP contribution in [0, 0.1) is 5.82 Å². The van der Waals surface area contributed by atoms with Gasteiger partial charge in [-0.25, -0.2) is 4.39 Å². The molecule has 1 amide bonds. The Hall–Kier alpha value is -1.42. The number of benzene rings is 1. The Morgan fingerprint density at radius 1 is 1.33 bits per heavy atom. The molecule has 3 atom stereocenters. The zero-order valence-electron chi connectivity index (χ0n) is 13.1. The van der Waals surface area contributed by atoms with Crippen LogP contribution in [0.2, 0.25) is 0 Å². The second-order valence-electron chi connectivity index (χ2n) is 5.85. The molecule has 1 saturated heterocycles. The number of amides is 1. The minimum absolute atomic E-state index is 0.145. The number of hydrogen-bond acceptors (Lipinski definition) is 2. The van der Waals surface area contributed by atoms with E-state index in [1.807, 2.05) is 11.0 Å². The van der Waals surface area contributed by atoms with Crippen LogP contribution in [0.5, 0.6) is 0 Å². The van der Waals surface area contributed by atoms with E-state index in [4.69, 9.17) is 0 Å². The van der Waals surface area contributed by atoms with Crippen LogP contribution in [0.15, 0.2) is 24.3 Å². The van der Waals surface area contributed by atoms with E-state index in [0.29, 0.717) is 0 Å². The quantitative estimate of drug-likeness (QED) is 0.868. The van der Waals surface area contributed by atoms with Crippen molar-refractivity contribution in [1.29, 1.82) is 0 Å². The molecule has 0 bridgehead atoms. The molecule has 0 saturated carbocycles. The number of hydrogen-bond donors (Lipinski definition) is 1. The van der Waals surface area contributed by atoms with Crippen LogP contribution in [0.25, 0.3) is 0 Å². The van der Waals surface area contributed by atoms with Gasteiger partial charge < -0.3 is 4.90 Å². The maximum absolute atomic E-state index is 13.5. The Bertz CT molecular complexity index is 491. The van der Waals surface area contributed by atoms with Gasteiger partial charge in [0.2, 0.25) is 5.91 Å². The molecule has 21 heavy (non-hydrogen) atoms. The molecule has 1 aromatic rings. The summed E-state index contributed by atoms with van der Waals surface area (Å²) in [5, 5.41) is 3.38. The van der Waals surface area contributed by atoms with E-state index in [1.165, 1.54) is 12.1 Å². The Morgan fingerprint density at radius 2 is 2.10 bits per heavy atom. The standard InChI is InChI=1S/C17H25FN2O/c1-4-7-12(3)20-16(13-9-6-10-14(18)11-13)19-15(8-5-2)17(20)21/h6,9-12,15-16,19H,4-5,7-8H2,1-3H3. The van der Waals surface area contributed by atoms with Crippen molar-refractivity contribution in [2.75, 3.05) is 0 Å². The number of carbonyl (C=O) groups is 1. The highest BCUT2D eigenvalue weighted by Crippen LogP contribution is 2.30. The molecule has 1 N–H and O–H groups in total. The predicted octanol–water partition coefficient (Wildman–Crippen LogP) is 3.61. The molecule has 1 heterocycles. The molecule has 0 spiro atoms. The molecule has 0 aliphatic carbocycles. The van der Waals surface area contributed by atoms with Crippen LogP contribution in [-0.4, -0.2) is 22.9 Å². The molecule has 2 rings (SSSR count). The SMILES string of the molecule is CCCC1NC(c2cccc(F)c2)N(C(C)CCC)C1=O. The minimum atomic E-state index is -0.260. The second kappa shape index (κ2) is 7.03. The summed E-state index contributed by atoms with van der Waals surface area (Å²) in [5.74, 6) is -0.115. The molecule has 1 aliphatic heterocycles. The highest BCUT2D eigenvalue weighted by Gasteiger charge is 2.41. The Kier molecular flexibility index (Phi) is 5.34. The first kappa shape index (κ1) is 16.0. The van der Waals surface area contributed by atoms with Crippen LogP contribution in [0.4, 0.5) is 4.39 Å². The van der Waals surface area contributed by atoms with E-state index in [0.717, 1.165) is 31.2 Å². The summed E-state index contributed by atoms with van der Waals surface area (Å²) >= 11 is 0. The molecule has 0 radical (unpaired) electrons. The number of rotatable bonds is 6. The lowest BCUT2D eigenvalue weighted by Crippen LogP contribution is -2.38. The van der Waals surface area contributed by atoms with Crippen molar-refractivity contribution in [1.82, 2.24) is 10.2 Å². The van der Waals surface area contributed by atoms with E-state index in [2.05, 4.69) is 26.1 Å². The molecule has 4 heteroatoms. The van der Waals surface area contributed by atoms with Crippen LogP contribution < -0.4 is 5.32 Å². The Labute approximate surface area is 126 Å². The monoisotopic (exact) mass is 292 g/mol. The highest BCUT2D eigenvalue weighted by atomic mass is 19.1. The topological polar surface area (TPSA) is 32.3 Å². The fourth-order valence-electron chi connectivity index (χ4n) is 3.11. The van der Waals surface area contributed by atoms with Crippen molar-refractivity contribution in [3.63, 3.8) is 0 Å². The molecule has 1 aromatic carbocycles. The maximum Gasteiger partial charge on any atom is 0.241 e. The lowest BCUT2D eigenvalue weighted by Gasteiger charge is -2.30. The van der Waals surface area contributed by atoms with Gasteiger partial charge in [-0.15, -0.1) is 0 Å². The van der Waals surface area contributed by atoms with Crippen LogP contribution in [0.1, 0.15) is 58.2 Å². The summed E-state index contributed by atoms with van der Waals surface area (Å²) < 4.78 is 13.5. The highest BCUT2D eigenvalue weighted by molar-refractivity contribution is 5.84. The van der Waals surface area contributed by atoms with E-state index in [1.54, 1.807) is 6.07 Å². The van der Waals surface area contributed by atoms with Gasteiger partial charge in [0.05, 0.1) is 6.04 Å². The average molecular weight is 292 g/mol. The smallest absolute Gasteiger partial charge is 0.241 e. The van der Waals surface area contributed by atoms with Gasteiger partial charge >= 0.3 is 0 Å². The Morgan fingerprint density at radius 3 is 2.71 bits per heavy atom. The number of nitrogens with zero attached hydrogens (tertiary/aromatic N) is 1. The fourth-order valence-corrected chi connectivity index (χ4v) is 3.11. The first-order chi connectivity index (χ1) is 10.1. The van der Waals surface area contributed by atoms with Gasteiger partial charge in [0.1, 0.15) is 12.0 Å². The van der Waals surface area contributed by atoms with E-state index in [-0.39, 0.29) is 30.0 Å². The van der Waals surface area contributed by atoms with E-state index in [9.17, 15) is 9.18 Å². The first-order valence-corrected chi connectivity index (χ1v) is 7.92. The normalized spacial score (nSPS) is 23.6. The molecule has 116 valence electrons. The van der Waals surface area contributed by atoms with Gasteiger partial charge in [-0.05, 0) is 37.5 Å². The van der Waals surface area contributed by atoms with Crippen molar-refractivity contribution in [3.8, 4) is 0 Å². The molecule has 3 unspecified atom stereocenters. The zero-order valence-corrected chi connectivity index (χ0v) is 13.1. The van der Waals surface area contributed by atoms with Gasteiger partial charge in [-0.1, -0.05) is 38.8 Å². The van der Waals surface area contributed by atoms with Crippen molar-refractivity contribution in [2.45, 2.75) is 64.7 Å². The molecule has 1 aliphatic rings. The van der Waals surface area contributed by atoms with Gasteiger partial charge in [0, 0.05) is 6.04 Å². The summed E-state index contributed by atoms with van der Waals surface area (Å²) in [7, 11) is 0. The van der Waals surface area contributed by atoms with E-state index < -0.39 is 0 Å². The van der Waals surface area contributed by atoms with Crippen LogP contribution >= 0.6 is 0 Å². The molecule has 0 aromatic heterocycles. The van der Waals surface area contributed by atoms with E-state index >= 15 is 0 Å². The van der Waals surface area contributed by atoms with Crippen LogP contribution in [0.3, 0.4) is 0 Å². The summed E-state index contributed by atoms with van der Waals surface area (Å²) in [5.41, 5.74) is 0.824. The number of nitrogens with one attached hydrogen (secondary N) is 1. The minimum Gasteiger partial charge on any atom is -0.319 e. The van der Waals surface area contributed by atoms with Gasteiger partial charge in [0.15, 0.2) is 0 Å². The largest absolute Gasteiger partial charge is 0.319 e. The van der Waals surface area contributed by atoms with Crippen LogP contribution in [-0.2, 0) is 4.79 Å². The van der Waals surface area contributed by atoms with Gasteiger partial charge in [-0.2, -0.15) is 0 Å². The summed E-state index contributed by atoms with van der Waals surface area (Å²) in [6.07, 6.45) is 3.54. The lowest BCUT2D eigenvalue weighted by molar-refractivity contribution is -0.132. The fraction of sp³-hybridized carbons (Fsp3) is 0.588. The third-order valence-corrected chi connectivity index (χ3v) is 4.11. The number of halogens is 1.